The largest absolute Gasteiger partial charge is 0.399 e. The molecule has 2 rings (SSSR count). The zero-order valence-electron chi connectivity index (χ0n) is 14.2. The lowest BCUT2D eigenvalue weighted by atomic mass is 10.1. The maximum Gasteiger partial charge on any atom is 0.251 e. The molecule has 2 aromatic rings. The Morgan fingerprint density at radius 2 is 1.80 bits per heavy atom. The van der Waals surface area contributed by atoms with Gasteiger partial charge in [0, 0.05) is 30.8 Å². The summed E-state index contributed by atoms with van der Waals surface area (Å²) in [6, 6.07) is 14.8. The molecular formula is C19H24ClN3O2. The molecule has 5 nitrogen and oxygen atoms in total. The van der Waals surface area contributed by atoms with Crippen molar-refractivity contribution in [1.82, 2.24) is 10.6 Å². The normalized spacial score (nSPS) is 9.80. The first kappa shape index (κ1) is 20.5. The molecule has 0 radical (unpaired) electrons. The van der Waals surface area contributed by atoms with E-state index in [1.807, 2.05) is 43.3 Å². The van der Waals surface area contributed by atoms with Crippen LogP contribution in [0.4, 0.5) is 5.69 Å². The van der Waals surface area contributed by atoms with Crippen LogP contribution in [-0.4, -0.2) is 18.4 Å². The number of aryl methyl sites for hydroxylation is 1. The van der Waals surface area contributed by atoms with E-state index in [9.17, 15) is 9.59 Å². The zero-order chi connectivity index (χ0) is 17.4. The van der Waals surface area contributed by atoms with Gasteiger partial charge in [0.25, 0.3) is 5.91 Å². The van der Waals surface area contributed by atoms with Gasteiger partial charge in [-0.2, -0.15) is 0 Å². The fourth-order valence-corrected chi connectivity index (χ4v) is 2.38. The quantitative estimate of drug-likeness (QED) is 0.663. The third kappa shape index (κ3) is 6.47. The van der Waals surface area contributed by atoms with Gasteiger partial charge < -0.3 is 16.4 Å². The molecule has 0 bridgehead atoms. The van der Waals surface area contributed by atoms with Crippen LogP contribution >= 0.6 is 12.4 Å². The maximum atomic E-state index is 12.0. The third-order valence-corrected chi connectivity index (χ3v) is 3.69. The first-order valence-corrected chi connectivity index (χ1v) is 8.07. The number of nitrogens with two attached hydrogens (primary N) is 1. The molecule has 0 atom stereocenters. The van der Waals surface area contributed by atoms with Crippen molar-refractivity contribution in [2.75, 3.05) is 12.3 Å². The van der Waals surface area contributed by atoms with Crippen LogP contribution in [0.5, 0.6) is 0 Å². The van der Waals surface area contributed by atoms with Crippen LogP contribution in [0.3, 0.4) is 0 Å². The Kier molecular flexibility index (Phi) is 8.50. The number of halogens is 1. The van der Waals surface area contributed by atoms with E-state index < -0.39 is 0 Å². The number of nitrogens with one attached hydrogen (secondary N) is 2. The zero-order valence-corrected chi connectivity index (χ0v) is 15.1. The fraction of sp³-hybridized carbons (Fsp3) is 0.263. The monoisotopic (exact) mass is 361 g/mol. The number of hydrogen-bond acceptors (Lipinski definition) is 3. The van der Waals surface area contributed by atoms with Crippen LogP contribution in [-0.2, 0) is 17.8 Å². The summed E-state index contributed by atoms with van der Waals surface area (Å²) >= 11 is 0. The lowest BCUT2D eigenvalue weighted by Gasteiger charge is -2.08. The van der Waals surface area contributed by atoms with Crippen molar-refractivity contribution >= 4 is 29.9 Å². The topological polar surface area (TPSA) is 84.2 Å². The van der Waals surface area contributed by atoms with Gasteiger partial charge in [-0.05, 0) is 42.7 Å². The van der Waals surface area contributed by atoms with E-state index in [0.717, 1.165) is 11.1 Å². The molecule has 0 aliphatic heterocycles. The number of carbonyl (C=O) groups excluding carboxylic acids is 2. The number of hydrogen-bond donors (Lipinski definition) is 3. The molecule has 25 heavy (non-hydrogen) atoms. The van der Waals surface area contributed by atoms with Crippen molar-refractivity contribution in [3.63, 3.8) is 0 Å². The molecule has 0 heterocycles. The van der Waals surface area contributed by atoms with Crippen molar-refractivity contribution < 1.29 is 9.59 Å². The van der Waals surface area contributed by atoms with Gasteiger partial charge in [-0.3, -0.25) is 9.59 Å². The Hall–Kier alpha value is -2.53. The lowest BCUT2D eigenvalue weighted by molar-refractivity contribution is -0.121. The summed E-state index contributed by atoms with van der Waals surface area (Å²) in [7, 11) is 0. The first-order valence-electron chi connectivity index (χ1n) is 8.07. The molecule has 4 N–H and O–H groups in total. The molecule has 0 saturated carbocycles. The van der Waals surface area contributed by atoms with Crippen LogP contribution in [0, 0.1) is 0 Å². The van der Waals surface area contributed by atoms with Gasteiger partial charge in [0.1, 0.15) is 0 Å². The van der Waals surface area contributed by atoms with Crippen molar-refractivity contribution in [2.45, 2.75) is 26.3 Å². The van der Waals surface area contributed by atoms with E-state index in [0.29, 0.717) is 37.2 Å². The number of benzene rings is 2. The number of nitrogen functional groups attached to an aromatic ring is 1. The van der Waals surface area contributed by atoms with Gasteiger partial charge in [0.2, 0.25) is 5.91 Å². The Morgan fingerprint density at radius 1 is 1.04 bits per heavy atom. The molecule has 0 aliphatic carbocycles. The average Bonchev–Trinajstić information content (AvgIpc) is 2.60. The summed E-state index contributed by atoms with van der Waals surface area (Å²) in [5, 5.41) is 5.63. The van der Waals surface area contributed by atoms with Crippen LogP contribution in [0.2, 0.25) is 0 Å². The SMILES string of the molecule is CCNC(=O)c1cccc(CNC(=O)CCc2ccccc2N)c1.Cl. The highest BCUT2D eigenvalue weighted by Gasteiger charge is 2.07. The van der Waals surface area contributed by atoms with E-state index >= 15 is 0 Å². The second-order valence-electron chi connectivity index (χ2n) is 5.54. The van der Waals surface area contributed by atoms with E-state index in [1.54, 1.807) is 12.1 Å². The molecule has 134 valence electrons. The number of amides is 2. The van der Waals surface area contributed by atoms with E-state index in [-0.39, 0.29) is 24.2 Å². The minimum atomic E-state index is -0.106. The van der Waals surface area contributed by atoms with E-state index in [4.69, 9.17) is 5.73 Å². The predicted octanol–water partition coefficient (Wildman–Crippen LogP) is 2.69. The van der Waals surface area contributed by atoms with Crippen LogP contribution in [0.25, 0.3) is 0 Å². The molecule has 2 aromatic carbocycles. The van der Waals surface area contributed by atoms with Crippen LogP contribution in [0.1, 0.15) is 34.8 Å². The standard InChI is InChI=1S/C19H23N3O2.ClH/c1-2-21-19(24)16-8-5-6-14(12-16)13-22-18(23)11-10-15-7-3-4-9-17(15)20;/h3-9,12H,2,10-11,13,20H2,1H3,(H,21,24)(H,22,23);1H. The minimum Gasteiger partial charge on any atom is -0.399 e. The maximum absolute atomic E-state index is 12.0. The second kappa shape index (κ2) is 10.4. The summed E-state index contributed by atoms with van der Waals surface area (Å²) in [6.45, 7) is 2.86. The number of anilines is 1. The summed E-state index contributed by atoms with van der Waals surface area (Å²) in [4.78, 5) is 23.8. The van der Waals surface area contributed by atoms with Gasteiger partial charge in [0.05, 0.1) is 0 Å². The summed E-state index contributed by atoms with van der Waals surface area (Å²) < 4.78 is 0. The molecular weight excluding hydrogens is 338 g/mol. The first-order chi connectivity index (χ1) is 11.6. The van der Waals surface area contributed by atoms with Crippen molar-refractivity contribution in [3.8, 4) is 0 Å². The third-order valence-electron chi connectivity index (χ3n) is 3.69. The number of carbonyl (C=O) groups is 2. The predicted molar refractivity (Wildman–Crippen MR) is 103 cm³/mol. The molecule has 0 spiro atoms. The van der Waals surface area contributed by atoms with Crippen LogP contribution in [0.15, 0.2) is 48.5 Å². The molecule has 0 unspecified atom stereocenters. The molecule has 0 fully saturated rings. The van der Waals surface area contributed by atoms with Gasteiger partial charge >= 0.3 is 0 Å². The second-order valence-corrected chi connectivity index (χ2v) is 5.54. The number of para-hydroxylation sites is 1. The summed E-state index contributed by atoms with van der Waals surface area (Å²) in [5.74, 6) is -0.146. The van der Waals surface area contributed by atoms with Crippen molar-refractivity contribution in [2.24, 2.45) is 0 Å². The van der Waals surface area contributed by atoms with Crippen LogP contribution < -0.4 is 16.4 Å². The molecule has 0 aliphatic rings. The van der Waals surface area contributed by atoms with Gasteiger partial charge in [-0.15, -0.1) is 12.4 Å². The Bertz CT molecular complexity index is 719. The van der Waals surface area contributed by atoms with Gasteiger partial charge in [-0.1, -0.05) is 30.3 Å². The van der Waals surface area contributed by atoms with Gasteiger partial charge in [0.15, 0.2) is 0 Å². The highest BCUT2D eigenvalue weighted by Crippen LogP contribution is 2.12. The fourth-order valence-electron chi connectivity index (χ4n) is 2.38. The minimum absolute atomic E-state index is 0. The number of rotatable bonds is 7. The Morgan fingerprint density at radius 3 is 2.52 bits per heavy atom. The van der Waals surface area contributed by atoms with Crippen molar-refractivity contribution in [3.05, 3.63) is 65.2 Å². The molecule has 0 aromatic heterocycles. The molecule has 0 saturated heterocycles. The molecule has 6 heteroatoms. The van der Waals surface area contributed by atoms with E-state index in [1.165, 1.54) is 0 Å². The smallest absolute Gasteiger partial charge is 0.251 e. The Balaban J connectivity index is 0.00000312. The molecule has 2 amide bonds. The highest BCUT2D eigenvalue weighted by molar-refractivity contribution is 5.94. The lowest BCUT2D eigenvalue weighted by Crippen LogP contribution is -2.24. The highest BCUT2D eigenvalue weighted by atomic mass is 35.5. The summed E-state index contributed by atoms with van der Waals surface area (Å²) in [6.07, 6.45) is 0.988. The van der Waals surface area contributed by atoms with Crippen molar-refractivity contribution in [1.29, 1.82) is 0 Å². The van der Waals surface area contributed by atoms with E-state index in [2.05, 4.69) is 10.6 Å². The summed E-state index contributed by atoms with van der Waals surface area (Å²) in [5.41, 5.74) is 9.05. The Labute approximate surface area is 154 Å². The van der Waals surface area contributed by atoms with Gasteiger partial charge in [-0.25, -0.2) is 0 Å². The average molecular weight is 362 g/mol.